The molecule has 1 atom stereocenters. The van der Waals surface area contributed by atoms with E-state index >= 15 is 0 Å². The zero-order valence-electron chi connectivity index (χ0n) is 23.0. The monoisotopic (exact) mass is 604 g/mol. The van der Waals surface area contributed by atoms with Crippen molar-refractivity contribution >= 4 is 57.5 Å². The molecule has 1 aliphatic heterocycles. The summed E-state index contributed by atoms with van der Waals surface area (Å²) >= 11 is 12.9. The third-order valence-electron chi connectivity index (χ3n) is 8.33. The van der Waals surface area contributed by atoms with Gasteiger partial charge in [-0.3, -0.25) is 9.88 Å². The third-order valence-corrected chi connectivity index (χ3v) is 8.87. The highest BCUT2D eigenvalue weighted by Gasteiger charge is 2.36. The van der Waals surface area contributed by atoms with E-state index in [9.17, 15) is 9.59 Å². The Morgan fingerprint density at radius 2 is 1.79 bits per heavy atom. The van der Waals surface area contributed by atoms with Gasteiger partial charge in [0.15, 0.2) is 0 Å². The number of fused-ring (bicyclic) bond motifs is 2. The fourth-order valence-corrected chi connectivity index (χ4v) is 6.71. The zero-order chi connectivity index (χ0) is 29.4. The number of piperidine rings is 1. The van der Waals surface area contributed by atoms with E-state index in [1.165, 1.54) is 0 Å². The Bertz CT molecular complexity index is 1660. The van der Waals surface area contributed by atoms with E-state index < -0.39 is 6.16 Å². The second-order valence-electron chi connectivity index (χ2n) is 10.8. The van der Waals surface area contributed by atoms with Gasteiger partial charge in [-0.1, -0.05) is 35.3 Å². The van der Waals surface area contributed by atoms with Crippen molar-refractivity contribution in [1.82, 2.24) is 9.88 Å². The first kappa shape index (κ1) is 28.1. The Morgan fingerprint density at radius 1 is 0.976 bits per heavy atom. The van der Waals surface area contributed by atoms with Crippen molar-refractivity contribution in [2.75, 3.05) is 29.9 Å². The van der Waals surface area contributed by atoms with Gasteiger partial charge in [0, 0.05) is 54.7 Å². The number of hydrogen-bond acceptors (Lipinski definition) is 5. The molecule has 1 aliphatic carbocycles. The minimum absolute atomic E-state index is 0.0814. The van der Waals surface area contributed by atoms with Crippen LogP contribution in [0.1, 0.15) is 36.4 Å². The number of rotatable bonds is 5. The van der Waals surface area contributed by atoms with Crippen molar-refractivity contribution in [2.24, 2.45) is 0 Å². The summed E-state index contributed by atoms with van der Waals surface area (Å²) in [6.45, 7) is 1.56. The number of aromatic nitrogens is 1. The van der Waals surface area contributed by atoms with Gasteiger partial charge in [0.2, 0.25) is 0 Å². The van der Waals surface area contributed by atoms with Crippen LogP contribution in [-0.2, 0) is 6.42 Å². The number of urea groups is 1. The normalized spacial score (nSPS) is 16.7. The fraction of sp³-hybridized carbons (Fsp3) is 0.281. The molecule has 1 unspecified atom stereocenters. The Balaban J connectivity index is 1.26. The standard InChI is InChI=1S/C32H30Cl2N4O4/c1-36(29-8-4-20-3-7-26(18-27(20)29)42-32(40)41)31(39)38(30-9-5-23(33)17-28(30)34)24-11-14-37(15-12-24)25-6-2-22-19-35-13-10-21(22)16-25/h2-3,5-7,9-10,13,16-19,24,29H,4,8,11-12,14-15H2,1H3,(H,40,41). The van der Waals surface area contributed by atoms with Gasteiger partial charge in [0.05, 0.1) is 16.8 Å². The number of anilines is 2. The lowest BCUT2D eigenvalue weighted by Crippen LogP contribution is -2.52. The van der Waals surface area contributed by atoms with E-state index in [0.717, 1.165) is 66.4 Å². The summed E-state index contributed by atoms with van der Waals surface area (Å²) in [6, 6.07) is 18.4. The van der Waals surface area contributed by atoms with Crippen LogP contribution in [0.25, 0.3) is 10.8 Å². The predicted octanol–water partition coefficient (Wildman–Crippen LogP) is 7.81. The predicted molar refractivity (Wildman–Crippen MR) is 165 cm³/mol. The summed E-state index contributed by atoms with van der Waals surface area (Å²) in [5.41, 5.74) is 3.74. The zero-order valence-corrected chi connectivity index (χ0v) is 24.6. The summed E-state index contributed by atoms with van der Waals surface area (Å²) in [5.74, 6) is 0.240. The molecule has 8 nitrogen and oxygen atoms in total. The van der Waals surface area contributed by atoms with Gasteiger partial charge in [0.1, 0.15) is 5.75 Å². The number of benzene rings is 3. The maximum absolute atomic E-state index is 14.4. The minimum Gasteiger partial charge on any atom is -0.449 e. The van der Waals surface area contributed by atoms with E-state index in [4.69, 9.17) is 33.0 Å². The van der Waals surface area contributed by atoms with E-state index in [1.54, 1.807) is 42.4 Å². The molecule has 2 heterocycles. The van der Waals surface area contributed by atoms with Crippen LogP contribution in [-0.4, -0.2) is 53.4 Å². The number of pyridine rings is 1. The minimum atomic E-state index is -1.37. The van der Waals surface area contributed by atoms with Crippen LogP contribution in [0.15, 0.2) is 73.1 Å². The molecule has 3 aromatic carbocycles. The van der Waals surface area contributed by atoms with Crippen molar-refractivity contribution in [3.63, 3.8) is 0 Å². The molecule has 42 heavy (non-hydrogen) atoms. The van der Waals surface area contributed by atoms with E-state index in [0.29, 0.717) is 15.7 Å². The summed E-state index contributed by atoms with van der Waals surface area (Å²) in [6.07, 6.45) is 5.32. The molecule has 1 aromatic heterocycles. The summed E-state index contributed by atoms with van der Waals surface area (Å²) < 4.78 is 4.90. The SMILES string of the molecule is CN(C(=O)N(c1ccc(Cl)cc1Cl)C1CCN(c2ccc3cnccc3c2)CC1)C1CCc2ccc(OC(=O)O)cc21. The van der Waals surface area contributed by atoms with Crippen molar-refractivity contribution in [3.8, 4) is 5.75 Å². The molecule has 1 saturated heterocycles. The number of halogens is 2. The highest BCUT2D eigenvalue weighted by molar-refractivity contribution is 6.36. The maximum Gasteiger partial charge on any atom is 0.511 e. The number of ether oxygens (including phenoxy) is 1. The number of amides is 2. The number of aryl methyl sites for hydroxylation is 1. The molecular formula is C32H30Cl2N4O4. The van der Waals surface area contributed by atoms with Gasteiger partial charge in [-0.25, -0.2) is 9.59 Å². The summed E-state index contributed by atoms with van der Waals surface area (Å²) in [4.78, 5) is 35.6. The molecule has 1 fully saturated rings. The Kier molecular flexibility index (Phi) is 7.84. The van der Waals surface area contributed by atoms with E-state index in [2.05, 4.69) is 28.1 Å². The van der Waals surface area contributed by atoms with Gasteiger partial charge in [-0.05, 0) is 90.7 Å². The molecule has 10 heteroatoms. The van der Waals surface area contributed by atoms with Crippen molar-refractivity contribution in [1.29, 1.82) is 0 Å². The molecule has 6 rings (SSSR count). The Morgan fingerprint density at radius 3 is 2.55 bits per heavy atom. The van der Waals surface area contributed by atoms with E-state index in [-0.39, 0.29) is 23.9 Å². The van der Waals surface area contributed by atoms with Crippen molar-refractivity contribution in [3.05, 3.63) is 94.2 Å². The number of hydrogen-bond donors (Lipinski definition) is 1. The highest BCUT2D eigenvalue weighted by atomic mass is 35.5. The van der Waals surface area contributed by atoms with E-state index in [1.807, 2.05) is 29.3 Å². The quantitative estimate of drug-likeness (QED) is 0.185. The van der Waals surface area contributed by atoms with Gasteiger partial charge >= 0.3 is 12.2 Å². The lowest BCUT2D eigenvalue weighted by molar-refractivity contribution is 0.144. The third kappa shape index (κ3) is 5.56. The fourth-order valence-electron chi connectivity index (χ4n) is 6.21. The molecule has 2 amide bonds. The largest absolute Gasteiger partial charge is 0.511 e. The average Bonchev–Trinajstić information content (AvgIpc) is 3.41. The highest BCUT2D eigenvalue weighted by Crippen LogP contribution is 2.40. The molecule has 0 saturated carbocycles. The average molecular weight is 606 g/mol. The lowest BCUT2D eigenvalue weighted by atomic mass is 10.0. The van der Waals surface area contributed by atoms with Crippen molar-refractivity contribution in [2.45, 2.75) is 37.8 Å². The first-order valence-corrected chi connectivity index (χ1v) is 14.7. The van der Waals surface area contributed by atoms with Crippen LogP contribution in [0, 0.1) is 0 Å². The second-order valence-corrected chi connectivity index (χ2v) is 11.6. The van der Waals surface area contributed by atoms with Gasteiger partial charge in [-0.15, -0.1) is 0 Å². The molecule has 0 spiro atoms. The Labute approximate surface area is 254 Å². The van der Waals surface area contributed by atoms with Crippen LogP contribution in [0.3, 0.4) is 0 Å². The van der Waals surface area contributed by atoms with Gasteiger partial charge in [-0.2, -0.15) is 0 Å². The molecule has 2 aliphatic rings. The molecule has 216 valence electrons. The molecule has 4 aromatic rings. The summed E-state index contributed by atoms with van der Waals surface area (Å²) in [7, 11) is 1.79. The van der Waals surface area contributed by atoms with Crippen molar-refractivity contribution < 1.29 is 19.4 Å². The smallest absolute Gasteiger partial charge is 0.449 e. The first-order chi connectivity index (χ1) is 20.3. The lowest BCUT2D eigenvalue weighted by Gasteiger charge is -2.42. The molecule has 1 N–H and O–H groups in total. The van der Waals surface area contributed by atoms with Crippen LogP contribution >= 0.6 is 23.2 Å². The van der Waals surface area contributed by atoms with Crippen LogP contribution in [0.5, 0.6) is 5.75 Å². The van der Waals surface area contributed by atoms with Crippen LogP contribution < -0.4 is 14.5 Å². The molecule has 0 bridgehead atoms. The topological polar surface area (TPSA) is 86.2 Å². The van der Waals surface area contributed by atoms with Crippen LogP contribution in [0.2, 0.25) is 10.0 Å². The number of carboxylic acid groups (broad SMARTS) is 1. The molecular weight excluding hydrogens is 575 g/mol. The summed E-state index contributed by atoms with van der Waals surface area (Å²) in [5, 5.41) is 12.2. The molecule has 0 radical (unpaired) electrons. The second kappa shape index (κ2) is 11.7. The first-order valence-electron chi connectivity index (χ1n) is 13.9. The maximum atomic E-state index is 14.4. The van der Waals surface area contributed by atoms with Gasteiger partial charge in [0.25, 0.3) is 0 Å². The number of nitrogens with zero attached hydrogens (tertiary/aromatic N) is 4. The van der Waals surface area contributed by atoms with Crippen LogP contribution in [0.4, 0.5) is 21.0 Å². The Hall–Kier alpha value is -4.01. The number of carbonyl (C=O) groups excluding carboxylic acids is 1. The number of carbonyl (C=O) groups is 2. The van der Waals surface area contributed by atoms with Gasteiger partial charge < -0.3 is 19.6 Å².